The molecule has 0 bridgehead atoms. The highest BCUT2D eigenvalue weighted by Gasteiger charge is 2.19. The van der Waals surface area contributed by atoms with E-state index in [4.69, 9.17) is 0 Å². The molecule has 1 aliphatic rings. The van der Waals surface area contributed by atoms with E-state index in [1.54, 1.807) is 17.0 Å². The van der Waals surface area contributed by atoms with Gasteiger partial charge >= 0.3 is 0 Å². The highest BCUT2D eigenvalue weighted by atomic mass is 19.1. The Hall–Kier alpha value is -1.62. The average molecular weight is 294 g/mol. The summed E-state index contributed by atoms with van der Waals surface area (Å²) in [4.78, 5) is 14.3. The number of hydrogen-bond acceptors (Lipinski definition) is 3. The van der Waals surface area contributed by atoms with Crippen LogP contribution < -0.4 is 4.90 Å². The smallest absolute Gasteiger partial charge is 0.209 e. The van der Waals surface area contributed by atoms with Gasteiger partial charge in [0.15, 0.2) is 0 Å². The second-order valence-corrected chi connectivity index (χ2v) is 5.98. The molecule has 1 unspecified atom stereocenters. The first-order valence-electron chi connectivity index (χ1n) is 7.43. The molecule has 2 rings (SSSR count). The lowest BCUT2D eigenvalue weighted by molar-refractivity contribution is -0.118. The maximum absolute atomic E-state index is 14.3. The Labute approximate surface area is 125 Å². The SMILES string of the molecule is CC(C)CC(O)c1ccc(N2CCN(C=O)CC2)c(F)c1. The lowest BCUT2D eigenvalue weighted by Crippen LogP contribution is -2.46. The molecule has 1 aromatic carbocycles. The minimum Gasteiger partial charge on any atom is -0.388 e. The molecular weight excluding hydrogens is 271 g/mol. The van der Waals surface area contributed by atoms with Gasteiger partial charge in [-0.2, -0.15) is 0 Å². The number of anilines is 1. The molecule has 1 amide bonds. The van der Waals surface area contributed by atoms with Crippen molar-refractivity contribution < 1.29 is 14.3 Å². The number of nitrogens with zero attached hydrogens (tertiary/aromatic N) is 2. The van der Waals surface area contributed by atoms with E-state index in [1.165, 1.54) is 6.07 Å². The van der Waals surface area contributed by atoms with Crippen molar-refractivity contribution in [2.45, 2.75) is 26.4 Å². The first kappa shape index (κ1) is 15.8. The Morgan fingerprint density at radius 2 is 1.95 bits per heavy atom. The lowest BCUT2D eigenvalue weighted by Gasteiger charge is -2.34. The van der Waals surface area contributed by atoms with E-state index in [2.05, 4.69) is 0 Å². The molecule has 0 aromatic heterocycles. The Morgan fingerprint density at radius 3 is 2.48 bits per heavy atom. The van der Waals surface area contributed by atoms with Gasteiger partial charge in [0.1, 0.15) is 5.82 Å². The van der Waals surface area contributed by atoms with Crippen LogP contribution in [0.25, 0.3) is 0 Å². The van der Waals surface area contributed by atoms with E-state index in [0.29, 0.717) is 49.8 Å². The predicted octanol–water partition coefficient (Wildman–Crippen LogP) is 2.18. The summed E-state index contributed by atoms with van der Waals surface area (Å²) in [5.41, 5.74) is 1.16. The second-order valence-electron chi connectivity index (χ2n) is 5.98. The summed E-state index contributed by atoms with van der Waals surface area (Å²) >= 11 is 0. The number of aliphatic hydroxyl groups is 1. The molecule has 116 valence electrons. The van der Waals surface area contributed by atoms with Gasteiger partial charge in [-0.1, -0.05) is 19.9 Å². The third-order valence-electron chi connectivity index (χ3n) is 3.86. The first-order valence-corrected chi connectivity index (χ1v) is 7.43. The Balaban J connectivity index is 2.07. The Kier molecular flexibility index (Phi) is 5.17. The number of benzene rings is 1. The number of piperazine rings is 1. The van der Waals surface area contributed by atoms with Crippen molar-refractivity contribution in [1.29, 1.82) is 0 Å². The van der Waals surface area contributed by atoms with Crippen LogP contribution in [0.4, 0.5) is 10.1 Å². The van der Waals surface area contributed by atoms with Gasteiger partial charge in [0.05, 0.1) is 11.8 Å². The third kappa shape index (κ3) is 3.94. The minimum atomic E-state index is -0.625. The van der Waals surface area contributed by atoms with Crippen molar-refractivity contribution in [2.24, 2.45) is 5.92 Å². The molecule has 0 saturated carbocycles. The molecule has 1 fully saturated rings. The fourth-order valence-electron chi connectivity index (χ4n) is 2.64. The topological polar surface area (TPSA) is 43.8 Å². The highest BCUT2D eigenvalue weighted by Crippen LogP contribution is 2.27. The molecule has 1 heterocycles. The van der Waals surface area contributed by atoms with E-state index >= 15 is 0 Å². The average Bonchev–Trinajstić information content (AvgIpc) is 2.46. The molecule has 1 aromatic rings. The van der Waals surface area contributed by atoms with Crippen LogP contribution in [-0.4, -0.2) is 42.6 Å². The molecule has 0 spiro atoms. The van der Waals surface area contributed by atoms with Gasteiger partial charge in [0.2, 0.25) is 6.41 Å². The van der Waals surface area contributed by atoms with Crippen LogP contribution in [0.3, 0.4) is 0 Å². The van der Waals surface area contributed by atoms with Gasteiger partial charge in [0, 0.05) is 26.2 Å². The Morgan fingerprint density at radius 1 is 1.29 bits per heavy atom. The number of aliphatic hydroxyl groups excluding tert-OH is 1. The molecule has 0 aliphatic carbocycles. The van der Waals surface area contributed by atoms with Crippen LogP contribution in [0, 0.1) is 11.7 Å². The van der Waals surface area contributed by atoms with Crippen LogP contribution in [0.15, 0.2) is 18.2 Å². The molecule has 1 saturated heterocycles. The summed E-state index contributed by atoms with van der Waals surface area (Å²) < 4.78 is 14.3. The maximum atomic E-state index is 14.3. The molecule has 1 aliphatic heterocycles. The van der Waals surface area contributed by atoms with E-state index in [0.717, 1.165) is 6.41 Å². The van der Waals surface area contributed by atoms with Gasteiger partial charge in [0.25, 0.3) is 0 Å². The quantitative estimate of drug-likeness (QED) is 0.847. The normalized spacial score (nSPS) is 17.2. The number of carbonyl (C=O) groups is 1. The number of halogens is 1. The fourth-order valence-corrected chi connectivity index (χ4v) is 2.64. The summed E-state index contributed by atoms with van der Waals surface area (Å²) in [6.45, 7) is 6.54. The fraction of sp³-hybridized carbons (Fsp3) is 0.562. The molecule has 1 atom stereocenters. The van der Waals surface area contributed by atoms with E-state index in [1.807, 2.05) is 18.7 Å². The number of amides is 1. The van der Waals surface area contributed by atoms with Crippen molar-refractivity contribution in [1.82, 2.24) is 4.90 Å². The van der Waals surface area contributed by atoms with Crippen molar-refractivity contribution in [3.8, 4) is 0 Å². The van der Waals surface area contributed by atoms with Crippen LogP contribution in [0.1, 0.15) is 31.9 Å². The summed E-state index contributed by atoms with van der Waals surface area (Å²) in [6, 6.07) is 4.94. The zero-order chi connectivity index (χ0) is 15.4. The third-order valence-corrected chi connectivity index (χ3v) is 3.86. The zero-order valence-electron chi connectivity index (χ0n) is 12.6. The summed E-state index contributed by atoms with van der Waals surface area (Å²) in [6.07, 6.45) is 0.830. The van der Waals surface area contributed by atoms with Crippen molar-refractivity contribution in [3.63, 3.8) is 0 Å². The van der Waals surface area contributed by atoms with Crippen molar-refractivity contribution in [2.75, 3.05) is 31.1 Å². The first-order chi connectivity index (χ1) is 10.0. The van der Waals surface area contributed by atoms with E-state index in [9.17, 15) is 14.3 Å². The number of hydrogen-bond donors (Lipinski definition) is 1. The van der Waals surface area contributed by atoms with Crippen LogP contribution in [-0.2, 0) is 4.79 Å². The molecule has 4 nitrogen and oxygen atoms in total. The summed E-state index contributed by atoms with van der Waals surface area (Å²) in [5, 5.41) is 10.1. The summed E-state index contributed by atoms with van der Waals surface area (Å²) in [7, 11) is 0. The molecular formula is C16H23FN2O2. The molecule has 5 heteroatoms. The van der Waals surface area contributed by atoms with Crippen LogP contribution in [0.2, 0.25) is 0 Å². The largest absolute Gasteiger partial charge is 0.388 e. The predicted molar refractivity (Wildman–Crippen MR) is 80.7 cm³/mol. The zero-order valence-corrected chi connectivity index (χ0v) is 12.6. The van der Waals surface area contributed by atoms with E-state index in [-0.39, 0.29) is 5.82 Å². The van der Waals surface area contributed by atoms with Gasteiger partial charge in [-0.3, -0.25) is 4.79 Å². The maximum Gasteiger partial charge on any atom is 0.209 e. The monoisotopic (exact) mass is 294 g/mol. The second kappa shape index (κ2) is 6.89. The van der Waals surface area contributed by atoms with E-state index < -0.39 is 6.10 Å². The minimum absolute atomic E-state index is 0.310. The van der Waals surface area contributed by atoms with Gasteiger partial charge < -0.3 is 14.9 Å². The molecule has 0 radical (unpaired) electrons. The highest BCUT2D eigenvalue weighted by molar-refractivity contribution is 5.52. The standard InChI is InChI=1S/C16H23FN2O2/c1-12(2)9-16(21)13-3-4-15(14(17)10-13)19-7-5-18(11-20)6-8-19/h3-4,10-12,16,21H,5-9H2,1-2H3. The van der Waals surface area contributed by atoms with Crippen LogP contribution >= 0.6 is 0 Å². The number of carbonyl (C=O) groups excluding carboxylic acids is 1. The van der Waals surface area contributed by atoms with Crippen molar-refractivity contribution >= 4 is 12.1 Å². The van der Waals surface area contributed by atoms with Gasteiger partial charge in [-0.05, 0) is 30.0 Å². The van der Waals surface area contributed by atoms with Crippen LogP contribution in [0.5, 0.6) is 0 Å². The van der Waals surface area contributed by atoms with Gasteiger partial charge in [-0.25, -0.2) is 4.39 Å². The molecule has 21 heavy (non-hydrogen) atoms. The lowest BCUT2D eigenvalue weighted by atomic mass is 9.99. The Bertz CT molecular complexity index is 485. The number of rotatable bonds is 5. The van der Waals surface area contributed by atoms with Crippen molar-refractivity contribution in [3.05, 3.63) is 29.6 Å². The molecule has 1 N–H and O–H groups in total. The summed E-state index contributed by atoms with van der Waals surface area (Å²) in [5.74, 6) is 0.0500. The van der Waals surface area contributed by atoms with Gasteiger partial charge in [-0.15, -0.1) is 0 Å².